The third kappa shape index (κ3) is 1.71. The minimum absolute atomic E-state index is 0.0886. The van der Waals surface area contributed by atoms with Gasteiger partial charge in [0.25, 0.3) is 0 Å². The van der Waals surface area contributed by atoms with Gasteiger partial charge in [0.05, 0.1) is 0 Å². The fraction of sp³-hybridized carbons (Fsp3) is 0.0909. The Hall–Kier alpha value is -1.90. The number of hydrogen-bond acceptors (Lipinski definition) is 2. The summed E-state index contributed by atoms with van der Waals surface area (Å²) in [6.07, 6.45) is 5.27. The molecule has 0 aromatic carbocycles. The Morgan fingerprint density at radius 2 is 2.07 bits per heavy atom. The van der Waals surface area contributed by atoms with Crippen LogP contribution in [0.25, 0.3) is 11.1 Å². The predicted octanol–water partition coefficient (Wildman–Crippen LogP) is 1.75. The fourth-order valence-corrected chi connectivity index (χ4v) is 1.30. The van der Waals surface area contributed by atoms with E-state index in [1.54, 1.807) is 24.7 Å². The van der Waals surface area contributed by atoms with E-state index in [-0.39, 0.29) is 5.56 Å². The zero-order chi connectivity index (χ0) is 9.97. The Morgan fingerprint density at radius 1 is 1.21 bits per heavy atom. The van der Waals surface area contributed by atoms with Crippen molar-refractivity contribution < 1.29 is 0 Å². The number of nitrogens with one attached hydrogen (secondary N) is 1. The van der Waals surface area contributed by atoms with E-state index in [1.807, 2.05) is 13.0 Å². The standard InChI is InChI=1S/C11H10N2O/c1-8-4-10(6-12-5-8)9-2-3-11(14)13-7-9/h2-7H,1H3,(H,13,14). The van der Waals surface area contributed by atoms with Crippen LogP contribution in [0.15, 0.2) is 41.6 Å². The Labute approximate surface area is 81.5 Å². The molecule has 2 aromatic heterocycles. The Kier molecular flexibility index (Phi) is 2.14. The molecular weight excluding hydrogens is 176 g/mol. The molecule has 2 aromatic rings. The van der Waals surface area contributed by atoms with E-state index in [2.05, 4.69) is 9.97 Å². The van der Waals surface area contributed by atoms with Gasteiger partial charge in [-0.2, -0.15) is 0 Å². The second-order valence-corrected chi connectivity index (χ2v) is 3.19. The van der Waals surface area contributed by atoms with Gasteiger partial charge in [-0.1, -0.05) is 0 Å². The van der Waals surface area contributed by atoms with Crippen LogP contribution in [0.1, 0.15) is 5.56 Å². The summed E-state index contributed by atoms with van der Waals surface area (Å²) in [6, 6.07) is 5.33. The molecular formula is C11H10N2O. The Balaban J connectivity index is 2.49. The molecule has 0 spiro atoms. The van der Waals surface area contributed by atoms with Gasteiger partial charge in [0.15, 0.2) is 0 Å². The van der Waals surface area contributed by atoms with Crippen LogP contribution < -0.4 is 5.56 Å². The van der Waals surface area contributed by atoms with Gasteiger partial charge in [0.2, 0.25) is 5.56 Å². The van der Waals surface area contributed by atoms with Crippen molar-refractivity contribution >= 4 is 0 Å². The molecule has 0 unspecified atom stereocenters. The maximum atomic E-state index is 10.8. The molecule has 0 aliphatic carbocycles. The van der Waals surface area contributed by atoms with Crippen LogP contribution in [0.3, 0.4) is 0 Å². The summed E-state index contributed by atoms with van der Waals surface area (Å²) in [5.41, 5.74) is 3.00. The first-order chi connectivity index (χ1) is 6.75. The second-order valence-electron chi connectivity index (χ2n) is 3.19. The summed E-state index contributed by atoms with van der Waals surface area (Å²) in [4.78, 5) is 17.6. The molecule has 0 aliphatic heterocycles. The van der Waals surface area contributed by atoms with Gasteiger partial charge in [-0.3, -0.25) is 9.78 Å². The quantitative estimate of drug-likeness (QED) is 0.737. The van der Waals surface area contributed by atoms with Gasteiger partial charge >= 0.3 is 0 Å². The highest BCUT2D eigenvalue weighted by molar-refractivity contribution is 5.61. The minimum atomic E-state index is -0.0886. The molecule has 1 N–H and O–H groups in total. The number of H-pyrrole nitrogens is 1. The number of nitrogens with zero attached hydrogens (tertiary/aromatic N) is 1. The van der Waals surface area contributed by atoms with Gasteiger partial charge < -0.3 is 4.98 Å². The zero-order valence-electron chi connectivity index (χ0n) is 7.82. The van der Waals surface area contributed by atoms with Crippen LogP contribution in [0, 0.1) is 6.92 Å². The van der Waals surface area contributed by atoms with Crippen molar-refractivity contribution in [3.63, 3.8) is 0 Å². The number of pyridine rings is 2. The number of hydrogen-bond donors (Lipinski definition) is 1. The molecule has 0 aliphatic rings. The van der Waals surface area contributed by atoms with Crippen molar-refractivity contribution in [1.82, 2.24) is 9.97 Å². The summed E-state index contributed by atoms with van der Waals surface area (Å²) in [5.74, 6) is 0. The molecule has 2 rings (SSSR count). The van der Waals surface area contributed by atoms with E-state index < -0.39 is 0 Å². The lowest BCUT2D eigenvalue weighted by Crippen LogP contribution is -2.01. The van der Waals surface area contributed by atoms with E-state index >= 15 is 0 Å². The van der Waals surface area contributed by atoms with Crippen molar-refractivity contribution in [2.75, 3.05) is 0 Å². The third-order valence-electron chi connectivity index (χ3n) is 1.99. The normalized spacial score (nSPS) is 10.1. The van der Waals surface area contributed by atoms with Crippen LogP contribution in [0.5, 0.6) is 0 Å². The molecule has 3 nitrogen and oxygen atoms in total. The van der Waals surface area contributed by atoms with E-state index in [1.165, 1.54) is 6.07 Å². The third-order valence-corrected chi connectivity index (χ3v) is 1.99. The molecule has 0 fully saturated rings. The van der Waals surface area contributed by atoms with E-state index in [0.29, 0.717) is 0 Å². The van der Waals surface area contributed by atoms with Crippen LogP contribution in [-0.4, -0.2) is 9.97 Å². The van der Waals surface area contributed by atoms with Crippen LogP contribution in [0.4, 0.5) is 0 Å². The van der Waals surface area contributed by atoms with E-state index in [4.69, 9.17) is 0 Å². The summed E-state index contributed by atoms with van der Waals surface area (Å²) >= 11 is 0. The molecule has 0 saturated carbocycles. The van der Waals surface area contributed by atoms with Crippen molar-refractivity contribution in [2.45, 2.75) is 6.92 Å². The van der Waals surface area contributed by atoms with Gasteiger partial charge in [-0.15, -0.1) is 0 Å². The molecule has 2 heterocycles. The second kappa shape index (κ2) is 3.46. The molecule has 0 radical (unpaired) electrons. The summed E-state index contributed by atoms with van der Waals surface area (Å²) in [6.45, 7) is 1.99. The monoisotopic (exact) mass is 186 g/mol. The van der Waals surface area contributed by atoms with Gasteiger partial charge in [0.1, 0.15) is 0 Å². The van der Waals surface area contributed by atoms with E-state index in [0.717, 1.165) is 16.7 Å². The average molecular weight is 186 g/mol. The molecule has 70 valence electrons. The summed E-state index contributed by atoms with van der Waals surface area (Å²) in [5, 5.41) is 0. The molecule has 14 heavy (non-hydrogen) atoms. The summed E-state index contributed by atoms with van der Waals surface area (Å²) < 4.78 is 0. The first-order valence-electron chi connectivity index (χ1n) is 4.36. The highest BCUT2D eigenvalue weighted by atomic mass is 16.1. The van der Waals surface area contributed by atoms with Crippen molar-refractivity contribution in [3.8, 4) is 11.1 Å². The number of rotatable bonds is 1. The zero-order valence-corrected chi connectivity index (χ0v) is 7.82. The van der Waals surface area contributed by atoms with Crippen LogP contribution in [0.2, 0.25) is 0 Å². The first-order valence-corrected chi connectivity index (χ1v) is 4.36. The average Bonchev–Trinajstić information content (AvgIpc) is 2.19. The lowest BCUT2D eigenvalue weighted by atomic mass is 10.1. The van der Waals surface area contributed by atoms with Crippen LogP contribution >= 0.6 is 0 Å². The maximum Gasteiger partial charge on any atom is 0.247 e. The smallest absolute Gasteiger partial charge is 0.247 e. The molecule has 3 heteroatoms. The fourth-order valence-electron chi connectivity index (χ4n) is 1.30. The number of aromatic nitrogens is 2. The lowest BCUT2D eigenvalue weighted by molar-refractivity contribution is 1.22. The summed E-state index contributed by atoms with van der Waals surface area (Å²) in [7, 11) is 0. The van der Waals surface area contributed by atoms with Gasteiger partial charge in [-0.05, 0) is 30.2 Å². The highest BCUT2D eigenvalue weighted by Crippen LogP contribution is 2.16. The van der Waals surface area contributed by atoms with Crippen molar-refractivity contribution in [3.05, 3.63) is 52.7 Å². The molecule has 0 atom stereocenters. The highest BCUT2D eigenvalue weighted by Gasteiger charge is 1.97. The predicted molar refractivity (Wildman–Crippen MR) is 55.0 cm³/mol. The first kappa shape index (κ1) is 8.69. The topological polar surface area (TPSA) is 45.8 Å². The molecule has 0 bridgehead atoms. The van der Waals surface area contributed by atoms with Crippen molar-refractivity contribution in [2.24, 2.45) is 0 Å². The van der Waals surface area contributed by atoms with Crippen LogP contribution in [-0.2, 0) is 0 Å². The Morgan fingerprint density at radius 3 is 2.71 bits per heavy atom. The Bertz CT molecular complexity index is 482. The SMILES string of the molecule is Cc1cncc(-c2ccc(=O)[nH]c2)c1. The number of aromatic amines is 1. The maximum absolute atomic E-state index is 10.8. The molecule has 0 amide bonds. The minimum Gasteiger partial charge on any atom is -0.328 e. The van der Waals surface area contributed by atoms with Gasteiger partial charge in [-0.25, -0.2) is 0 Å². The largest absolute Gasteiger partial charge is 0.328 e. The number of aryl methyl sites for hydroxylation is 1. The lowest BCUT2D eigenvalue weighted by Gasteiger charge is -2.00. The van der Waals surface area contributed by atoms with Gasteiger partial charge in [0, 0.05) is 30.2 Å². The van der Waals surface area contributed by atoms with E-state index in [9.17, 15) is 4.79 Å². The molecule has 0 saturated heterocycles. The van der Waals surface area contributed by atoms with Crippen molar-refractivity contribution in [1.29, 1.82) is 0 Å².